The molecular formula is C34H25N5O3S2. The molecule has 0 saturated heterocycles. The van der Waals surface area contributed by atoms with Crippen molar-refractivity contribution >= 4 is 62.7 Å². The zero-order chi connectivity index (χ0) is 30.4. The Labute approximate surface area is 260 Å². The van der Waals surface area contributed by atoms with Gasteiger partial charge in [0, 0.05) is 17.5 Å². The maximum absolute atomic E-state index is 14.4. The molecule has 0 fully saturated rings. The van der Waals surface area contributed by atoms with Gasteiger partial charge >= 0.3 is 0 Å². The van der Waals surface area contributed by atoms with E-state index >= 15 is 0 Å². The first-order valence-corrected chi connectivity index (χ1v) is 15.5. The van der Waals surface area contributed by atoms with Crippen molar-refractivity contribution in [2.75, 3.05) is 17.0 Å². The minimum atomic E-state index is -0.450. The Morgan fingerprint density at radius 3 is 2.23 bits per heavy atom. The van der Waals surface area contributed by atoms with E-state index in [4.69, 9.17) is 0 Å². The summed E-state index contributed by atoms with van der Waals surface area (Å²) in [6.07, 6.45) is 0. The topological polar surface area (TPSA) is 87.0 Å². The number of amides is 2. The number of thioether (sulfide) groups is 1. The zero-order valence-corrected chi connectivity index (χ0v) is 25.4. The van der Waals surface area contributed by atoms with Gasteiger partial charge in [-0.05, 0) is 61.0 Å². The van der Waals surface area contributed by atoms with Crippen LogP contribution in [0.2, 0.25) is 0 Å². The van der Waals surface area contributed by atoms with Crippen molar-refractivity contribution in [3.05, 3.63) is 140 Å². The van der Waals surface area contributed by atoms with Crippen LogP contribution in [0.4, 0.5) is 11.4 Å². The van der Waals surface area contributed by atoms with Crippen LogP contribution in [0.5, 0.6) is 0 Å². The quantitative estimate of drug-likeness (QED) is 0.324. The van der Waals surface area contributed by atoms with Crippen molar-refractivity contribution in [2.45, 2.75) is 11.8 Å². The maximum atomic E-state index is 14.4. The summed E-state index contributed by atoms with van der Waals surface area (Å²) in [7, 11) is 1.93. The number of nitrogens with one attached hydrogen (secondary N) is 1. The van der Waals surface area contributed by atoms with Crippen LogP contribution in [0.3, 0.4) is 0 Å². The number of benzene rings is 4. The van der Waals surface area contributed by atoms with E-state index in [1.165, 1.54) is 28.1 Å². The van der Waals surface area contributed by atoms with E-state index in [-0.39, 0.29) is 17.0 Å². The summed E-state index contributed by atoms with van der Waals surface area (Å²) in [5.74, 6) is -0.793. The number of carbonyl (C=O) groups excluding carboxylic acids is 2. The second-order valence-corrected chi connectivity index (χ2v) is 12.3. The number of carbonyl (C=O) groups is 2. The van der Waals surface area contributed by atoms with Gasteiger partial charge in [0.05, 0.1) is 17.1 Å². The summed E-state index contributed by atoms with van der Waals surface area (Å²) in [6, 6.07) is 33.3. The first-order chi connectivity index (χ1) is 21.4. The SMILES string of the molecule is Cc1cccc(-n2c(=C3C(=O)N(c4ccccc4)N=C3NC(=O)c3ccccc3)sc(=C3Sc4ccccc4N3C)c2=O)c1. The van der Waals surface area contributed by atoms with Crippen molar-refractivity contribution in [3.8, 4) is 5.69 Å². The van der Waals surface area contributed by atoms with E-state index in [1.807, 2.05) is 91.7 Å². The normalized spacial score (nSPS) is 16.7. The number of amidine groups is 1. The molecule has 0 atom stereocenters. The Hall–Kier alpha value is -5.19. The minimum absolute atomic E-state index is 0.0719. The average Bonchev–Trinajstić information content (AvgIpc) is 3.67. The molecule has 0 aliphatic carbocycles. The average molecular weight is 616 g/mol. The molecule has 0 bridgehead atoms. The molecule has 216 valence electrons. The van der Waals surface area contributed by atoms with Crippen LogP contribution >= 0.6 is 23.1 Å². The number of para-hydroxylation sites is 2. The lowest BCUT2D eigenvalue weighted by molar-refractivity contribution is -0.112. The number of nitrogens with zero attached hydrogens (tertiary/aromatic N) is 4. The van der Waals surface area contributed by atoms with Gasteiger partial charge in [-0.25, -0.2) is 0 Å². The molecular weight excluding hydrogens is 591 g/mol. The van der Waals surface area contributed by atoms with Gasteiger partial charge in [0.2, 0.25) is 0 Å². The van der Waals surface area contributed by atoms with E-state index in [9.17, 15) is 14.4 Å². The fourth-order valence-corrected chi connectivity index (χ4v) is 7.67. The van der Waals surface area contributed by atoms with Crippen LogP contribution in [-0.4, -0.2) is 29.3 Å². The number of aromatic nitrogens is 1. The van der Waals surface area contributed by atoms with Crippen molar-refractivity contribution < 1.29 is 9.59 Å². The lowest BCUT2D eigenvalue weighted by Crippen LogP contribution is -2.37. The Morgan fingerprint density at radius 1 is 0.818 bits per heavy atom. The standard InChI is InChI=1S/C34H25N5O3S2/c1-21-12-11-17-24(20-21)38-32(42)28(34-37(2)25-18-9-10-19-26(25)43-34)44-33(38)27-29(35-30(40)22-13-5-3-6-14-22)36-39(31(27)41)23-15-7-4-8-16-23/h3-20H,1-2H3,(H,35,36,40). The van der Waals surface area contributed by atoms with Crippen molar-refractivity contribution in [1.29, 1.82) is 0 Å². The molecule has 8 nitrogen and oxygen atoms in total. The molecule has 0 unspecified atom stereocenters. The molecule has 0 saturated carbocycles. The second kappa shape index (κ2) is 11.1. The van der Waals surface area contributed by atoms with Crippen LogP contribution in [0, 0.1) is 6.92 Å². The van der Waals surface area contributed by atoms with Gasteiger partial charge < -0.3 is 10.2 Å². The summed E-state index contributed by atoms with van der Waals surface area (Å²) >= 11 is 2.73. The number of aryl methyl sites for hydroxylation is 1. The molecule has 0 radical (unpaired) electrons. The summed E-state index contributed by atoms with van der Waals surface area (Å²) in [4.78, 5) is 45.1. The van der Waals surface area contributed by atoms with Gasteiger partial charge in [-0.3, -0.25) is 19.0 Å². The van der Waals surface area contributed by atoms with E-state index < -0.39 is 11.8 Å². The third-order valence-corrected chi connectivity index (χ3v) is 9.83. The van der Waals surface area contributed by atoms with E-state index in [2.05, 4.69) is 10.4 Å². The number of hydrazone groups is 1. The number of anilines is 2. The maximum Gasteiger partial charge on any atom is 0.285 e. The molecule has 7 rings (SSSR count). The molecule has 0 spiro atoms. The predicted octanol–water partition coefficient (Wildman–Crippen LogP) is 4.46. The van der Waals surface area contributed by atoms with Crippen LogP contribution in [-0.2, 0) is 4.79 Å². The summed E-state index contributed by atoms with van der Waals surface area (Å²) in [5, 5.41) is 9.50. The van der Waals surface area contributed by atoms with Gasteiger partial charge in [-0.2, -0.15) is 5.01 Å². The Morgan fingerprint density at radius 2 is 1.50 bits per heavy atom. The first kappa shape index (κ1) is 27.6. The molecule has 44 heavy (non-hydrogen) atoms. The number of rotatable bonds is 3. The Bertz CT molecular complexity index is 2170. The van der Waals surface area contributed by atoms with Crippen LogP contribution in [0.1, 0.15) is 15.9 Å². The molecule has 10 heteroatoms. The van der Waals surface area contributed by atoms with Gasteiger partial charge in [0.1, 0.15) is 19.8 Å². The fraction of sp³-hybridized carbons (Fsp3) is 0.0588. The molecule has 1 aromatic heterocycles. The lowest BCUT2D eigenvalue weighted by Gasteiger charge is -2.11. The van der Waals surface area contributed by atoms with Crippen molar-refractivity contribution in [3.63, 3.8) is 0 Å². The molecule has 2 aliphatic heterocycles. The minimum Gasteiger partial charge on any atom is -0.337 e. The largest absolute Gasteiger partial charge is 0.337 e. The van der Waals surface area contributed by atoms with Crippen molar-refractivity contribution in [2.24, 2.45) is 5.10 Å². The highest BCUT2D eigenvalue weighted by Gasteiger charge is 2.36. The summed E-state index contributed by atoms with van der Waals surface area (Å²) < 4.78 is 2.42. The zero-order valence-electron chi connectivity index (χ0n) is 23.7. The first-order valence-electron chi connectivity index (χ1n) is 13.8. The highest BCUT2D eigenvalue weighted by atomic mass is 32.2. The third-order valence-electron chi connectivity index (χ3n) is 7.32. The molecule has 1 N–H and O–H groups in total. The number of fused-ring (bicyclic) bond motifs is 1. The summed E-state index contributed by atoms with van der Waals surface area (Å²) in [5.41, 5.74) is 3.41. The highest BCUT2D eigenvalue weighted by Crippen LogP contribution is 2.45. The second-order valence-electron chi connectivity index (χ2n) is 10.2. The highest BCUT2D eigenvalue weighted by molar-refractivity contribution is 8.08. The molecule has 2 amide bonds. The molecule has 3 heterocycles. The van der Waals surface area contributed by atoms with E-state index in [1.54, 1.807) is 41.0 Å². The van der Waals surface area contributed by atoms with Gasteiger partial charge in [-0.15, -0.1) is 16.4 Å². The summed E-state index contributed by atoms with van der Waals surface area (Å²) in [6.45, 7) is 1.95. The number of hydrogen-bond acceptors (Lipinski definition) is 7. The lowest BCUT2D eigenvalue weighted by atomic mass is 10.2. The van der Waals surface area contributed by atoms with Crippen LogP contribution in [0.15, 0.2) is 124 Å². The molecule has 5 aromatic rings. The number of thiazole rings is 1. The third kappa shape index (κ3) is 4.74. The van der Waals surface area contributed by atoms with E-state index in [0.29, 0.717) is 26.1 Å². The molecule has 4 aromatic carbocycles. The van der Waals surface area contributed by atoms with E-state index in [0.717, 1.165) is 21.2 Å². The predicted molar refractivity (Wildman–Crippen MR) is 177 cm³/mol. The van der Waals surface area contributed by atoms with Gasteiger partial charge in [-0.1, -0.05) is 72.4 Å². The van der Waals surface area contributed by atoms with Crippen LogP contribution in [0.25, 0.3) is 16.3 Å². The fourth-order valence-electron chi connectivity index (χ4n) is 5.18. The van der Waals surface area contributed by atoms with Gasteiger partial charge in [0.15, 0.2) is 5.84 Å². The molecule has 2 aliphatic rings. The van der Waals surface area contributed by atoms with Gasteiger partial charge in [0.25, 0.3) is 17.4 Å². The smallest absolute Gasteiger partial charge is 0.285 e. The van der Waals surface area contributed by atoms with Crippen LogP contribution < -0.4 is 30.0 Å². The Balaban J connectivity index is 1.51. The van der Waals surface area contributed by atoms with Crippen molar-refractivity contribution in [1.82, 2.24) is 9.88 Å². The Kier molecular flexibility index (Phi) is 7.00. The monoisotopic (exact) mass is 615 g/mol. The number of hydrogen-bond donors (Lipinski definition) is 1.